The molecule has 3 nitrogen and oxygen atoms in total. The highest BCUT2D eigenvalue weighted by atomic mass is 16.5. The van der Waals surface area contributed by atoms with E-state index in [4.69, 9.17) is 4.74 Å². The zero-order chi connectivity index (χ0) is 16.4. The Bertz CT molecular complexity index is 428. The number of benzene rings is 1. The van der Waals surface area contributed by atoms with E-state index in [2.05, 4.69) is 19.2 Å². The van der Waals surface area contributed by atoms with Crippen LogP contribution < -0.4 is 10.1 Å². The maximum Gasteiger partial charge on any atom is 0.261 e. The van der Waals surface area contributed by atoms with Gasteiger partial charge in [-0.15, -0.1) is 0 Å². The summed E-state index contributed by atoms with van der Waals surface area (Å²) in [5, 5.41) is 3.06. The number of aryl methyl sites for hydroxylation is 1. The monoisotopic (exact) mass is 305 g/mol. The van der Waals surface area contributed by atoms with Gasteiger partial charge in [0.25, 0.3) is 5.91 Å². The molecule has 2 atom stereocenters. The van der Waals surface area contributed by atoms with Crippen LogP contribution in [0, 0.1) is 12.8 Å². The van der Waals surface area contributed by atoms with Gasteiger partial charge in [-0.1, -0.05) is 57.7 Å². The Morgan fingerprint density at radius 3 is 2.36 bits per heavy atom. The highest BCUT2D eigenvalue weighted by Gasteiger charge is 2.19. The summed E-state index contributed by atoms with van der Waals surface area (Å²) >= 11 is 0. The summed E-state index contributed by atoms with van der Waals surface area (Å²) in [6.07, 6.45) is 4.99. The van der Waals surface area contributed by atoms with E-state index in [0.29, 0.717) is 12.3 Å². The Morgan fingerprint density at radius 1 is 1.14 bits per heavy atom. The van der Waals surface area contributed by atoms with Crippen molar-refractivity contribution in [2.45, 2.75) is 65.9 Å². The van der Waals surface area contributed by atoms with Gasteiger partial charge in [0.15, 0.2) is 6.10 Å². The molecule has 0 heterocycles. The molecular weight excluding hydrogens is 274 g/mol. The first-order valence-corrected chi connectivity index (χ1v) is 8.61. The van der Waals surface area contributed by atoms with Gasteiger partial charge < -0.3 is 10.1 Å². The summed E-state index contributed by atoms with van der Waals surface area (Å²) in [6, 6.07) is 7.83. The molecule has 1 aromatic carbocycles. The van der Waals surface area contributed by atoms with E-state index in [-0.39, 0.29) is 5.91 Å². The molecule has 124 valence electrons. The van der Waals surface area contributed by atoms with Crippen molar-refractivity contribution >= 4 is 5.91 Å². The van der Waals surface area contributed by atoms with Crippen LogP contribution in [0.1, 0.15) is 58.4 Å². The van der Waals surface area contributed by atoms with E-state index in [1.165, 1.54) is 24.8 Å². The van der Waals surface area contributed by atoms with Crippen molar-refractivity contribution < 1.29 is 9.53 Å². The van der Waals surface area contributed by atoms with Crippen LogP contribution in [0.25, 0.3) is 0 Å². The maximum absolute atomic E-state index is 12.3. The zero-order valence-corrected chi connectivity index (χ0v) is 14.5. The molecule has 22 heavy (non-hydrogen) atoms. The fourth-order valence-corrected chi connectivity index (χ4v) is 2.41. The van der Waals surface area contributed by atoms with Gasteiger partial charge >= 0.3 is 0 Å². The van der Waals surface area contributed by atoms with Gasteiger partial charge in [0, 0.05) is 6.54 Å². The molecule has 0 unspecified atom stereocenters. The zero-order valence-electron chi connectivity index (χ0n) is 14.5. The van der Waals surface area contributed by atoms with E-state index >= 15 is 0 Å². The van der Waals surface area contributed by atoms with Gasteiger partial charge in [-0.2, -0.15) is 0 Å². The van der Waals surface area contributed by atoms with Crippen molar-refractivity contribution in [3.63, 3.8) is 0 Å². The van der Waals surface area contributed by atoms with Gasteiger partial charge in [-0.25, -0.2) is 0 Å². The molecule has 0 aliphatic carbocycles. The number of hydrogen-bond donors (Lipinski definition) is 1. The van der Waals surface area contributed by atoms with Crippen molar-refractivity contribution in [2.24, 2.45) is 5.92 Å². The lowest BCUT2D eigenvalue weighted by molar-refractivity contribution is -0.128. The first-order valence-electron chi connectivity index (χ1n) is 8.61. The number of ether oxygens (including phenoxy) is 1. The van der Waals surface area contributed by atoms with Crippen molar-refractivity contribution in [3.05, 3.63) is 29.8 Å². The molecule has 0 aliphatic heterocycles. The first kappa shape index (κ1) is 18.5. The summed E-state index contributed by atoms with van der Waals surface area (Å²) in [7, 11) is 0. The Balaban J connectivity index is 2.48. The third-order valence-electron chi connectivity index (χ3n) is 4.07. The van der Waals surface area contributed by atoms with Crippen molar-refractivity contribution in [2.75, 3.05) is 6.54 Å². The lowest BCUT2D eigenvalue weighted by Gasteiger charge is -2.20. The minimum atomic E-state index is -0.411. The third kappa shape index (κ3) is 6.50. The van der Waals surface area contributed by atoms with Crippen molar-refractivity contribution in [1.82, 2.24) is 5.32 Å². The Morgan fingerprint density at radius 2 is 1.82 bits per heavy atom. The highest BCUT2D eigenvalue weighted by Crippen LogP contribution is 2.15. The molecule has 0 aliphatic rings. The standard InChI is InChI=1S/C19H31NO2/c1-5-8-9-16(6-2)14-20-19(21)18(7-3)22-17-12-10-15(4)11-13-17/h10-13,16,18H,5-9,14H2,1-4H3,(H,20,21)/t16-,18+/m1/s1. The SMILES string of the molecule is CCCC[C@@H](CC)CNC(=O)[C@H](CC)Oc1ccc(C)cc1. The van der Waals surface area contributed by atoms with Crippen LogP contribution in [-0.2, 0) is 4.79 Å². The summed E-state index contributed by atoms with van der Waals surface area (Å²) in [6.45, 7) is 9.16. The number of rotatable bonds is 10. The topological polar surface area (TPSA) is 38.3 Å². The second-order valence-electron chi connectivity index (χ2n) is 5.99. The smallest absolute Gasteiger partial charge is 0.261 e. The van der Waals surface area contributed by atoms with Crippen LogP contribution in [0.5, 0.6) is 5.75 Å². The van der Waals surface area contributed by atoms with Crippen molar-refractivity contribution in [3.8, 4) is 5.75 Å². The molecule has 0 saturated carbocycles. The lowest BCUT2D eigenvalue weighted by atomic mass is 9.99. The fourth-order valence-electron chi connectivity index (χ4n) is 2.41. The molecule has 3 heteroatoms. The largest absolute Gasteiger partial charge is 0.481 e. The predicted octanol–water partition coefficient (Wildman–Crippen LogP) is 4.49. The summed E-state index contributed by atoms with van der Waals surface area (Å²) in [5.41, 5.74) is 1.19. The Kier molecular flexibility index (Phi) is 8.64. The fraction of sp³-hybridized carbons (Fsp3) is 0.632. The van der Waals surface area contributed by atoms with Crippen LogP contribution >= 0.6 is 0 Å². The van der Waals surface area contributed by atoms with Gasteiger partial charge in [-0.05, 0) is 37.8 Å². The number of amides is 1. The van der Waals surface area contributed by atoms with E-state index in [1.807, 2.05) is 38.1 Å². The second-order valence-corrected chi connectivity index (χ2v) is 5.99. The van der Waals surface area contributed by atoms with E-state index in [1.54, 1.807) is 0 Å². The second kappa shape index (κ2) is 10.3. The minimum absolute atomic E-state index is 0.00183. The number of nitrogens with one attached hydrogen (secondary N) is 1. The molecule has 0 fully saturated rings. The van der Waals surface area contributed by atoms with E-state index in [9.17, 15) is 4.79 Å². The average Bonchev–Trinajstić information content (AvgIpc) is 2.54. The summed E-state index contributed by atoms with van der Waals surface area (Å²) in [5.74, 6) is 1.32. The van der Waals surface area contributed by atoms with Gasteiger partial charge in [0.1, 0.15) is 5.75 Å². The quantitative estimate of drug-likeness (QED) is 0.692. The number of hydrogen-bond acceptors (Lipinski definition) is 2. The molecule has 0 radical (unpaired) electrons. The van der Waals surface area contributed by atoms with E-state index < -0.39 is 6.10 Å². The summed E-state index contributed by atoms with van der Waals surface area (Å²) in [4.78, 5) is 12.3. The molecule has 1 rings (SSSR count). The van der Waals surface area contributed by atoms with Crippen LogP contribution in [0.15, 0.2) is 24.3 Å². The molecule has 0 bridgehead atoms. The first-order chi connectivity index (χ1) is 10.6. The Hall–Kier alpha value is -1.51. The molecular formula is C19H31NO2. The molecule has 1 amide bonds. The van der Waals surface area contributed by atoms with Crippen LogP contribution in [0.4, 0.5) is 0 Å². The van der Waals surface area contributed by atoms with Gasteiger partial charge in [-0.3, -0.25) is 4.79 Å². The molecule has 0 aromatic heterocycles. The van der Waals surface area contributed by atoms with Gasteiger partial charge in [0.05, 0.1) is 0 Å². The number of unbranched alkanes of at least 4 members (excludes halogenated alkanes) is 1. The van der Waals surface area contributed by atoms with Crippen LogP contribution in [0.2, 0.25) is 0 Å². The average molecular weight is 305 g/mol. The maximum atomic E-state index is 12.3. The normalized spacial score (nSPS) is 13.5. The molecule has 1 aromatic rings. The summed E-state index contributed by atoms with van der Waals surface area (Å²) < 4.78 is 5.82. The van der Waals surface area contributed by atoms with Crippen LogP contribution in [-0.4, -0.2) is 18.6 Å². The van der Waals surface area contributed by atoms with E-state index in [0.717, 1.165) is 18.7 Å². The van der Waals surface area contributed by atoms with Crippen molar-refractivity contribution in [1.29, 1.82) is 0 Å². The Labute approximate surface area is 135 Å². The predicted molar refractivity (Wildman–Crippen MR) is 92.2 cm³/mol. The molecule has 1 N–H and O–H groups in total. The number of carbonyl (C=O) groups excluding carboxylic acids is 1. The minimum Gasteiger partial charge on any atom is -0.481 e. The highest BCUT2D eigenvalue weighted by molar-refractivity contribution is 5.81. The molecule has 0 spiro atoms. The van der Waals surface area contributed by atoms with Gasteiger partial charge in [0.2, 0.25) is 0 Å². The third-order valence-corrected chi connectivity index (χ3v) is 4.07. The van der Waals surface area contributed by atoms with Crippen LogP contribution in [0.3, 0.4) is 0 Å². The lowest BCUT2D eigenvalue weighted by Crippen LogP contribution is -2.40. The molecule has 0 saturated heterocycles. The number of carbonyl (C=O) groups is 1.